The molecule has 4 heteroatoms. The number of alkyl halides is 1. The molecule has 0 aliphatic carbocycles. The summed E-state index contributed by atoms with van der Waals surface area (Å²) in [5.41, 5.74) is 1.45. The van der Waals surface area contributed by atoms with E-state index in [9.17, 15) is 4.79 Å². The maximum absolute atomic E-state index is 10.9. The fourth-order valence-electron chi connectivity index (χ4n) is 1.40. The molecule has 14 heavy (non-hydrogen) atoms. The van der Waals surface area contributed by atoms with Crippen LogP contribution in [0, 0.1) is 0 Å². The average Bonchev–Trinajstić information content (AvgIpc) is 2.65. The zero-order valence-corrected chi connectivity index (χ0v) is 9.63. The second-order valence-corrected chi connectivity index (χ2v) is 4.54. The summed E-state index contributed by atoms with van der Waals surface area (Å²) in [5.74, 6) is 0.343. The van der Waals surface area contributed by atoms with E-state index in [4.69, 9.17) is 11.6 Å². The van der Waals surface area contributed by atoms with Crippen molar-refractivity contribution in [3.05, 3.63) is 28.6 Å². The smallest absolute Gasteiger partial charge is 0.151 e. The topological polar surface area (TPSA) is 17.1 Å². The maximum Gasteiger partial charge on any atom is 0.151 e. The molecule has 2 rings (SSSR count). The van der Waals surface area contributed by atoms with E-state index in [1.165, 1.54) is 0 Å². The summed E-state index contributed by atoms with van der Waals surface area (Å²) >= 11 is 11.7. The standard InChI is InChI=1S/C10H7ClOS2/c11-4-6-3-9-7(1-2-14-9)10(13)8(6)5-12/h1-3,5,13H,4H2. The monoisotopic (exact) mass is 242 g/mol. The Morgan fingerprint density at radius 3 is 3.00 bits per heavy atom. The number of rotatable bonds is 2. The van der Waals surface area contributed by atoms with Crippen molar-refractivity contribution >= 4 is 51.9 Å². The zero-order valence-electron chi connectivity index (χ0n) is 7.16. The Morgan fingerprint density at radius 2 is 2.36 bits per heavy atom. The van der Waals surface area contributed by atoms with Crippen LogP contribution in [0.15, 0.2) is 22.4 Å². The maximum atomic E-state index is 10.9. The van der Waals surface area contributed by atoms with Gasteiger partial charge in [-0.3, -0.25) is 4.79 Å². The quantitative estimate of drug-likeness (QED) is 0.482. The van der Waals surface area contributed by atoms with Crippen LogP contribution >= 0.6 is 35.6 Å². The molecule has 72 valence electrons. The number of thiol groups is 1. The van der Waals surface area contributed by atoms with Gasteiger partial charge in [0.15, 0.2) is 6.29 Å². The second-order valence-electron chi connectivity index (χ2n) is 2.88. The second kappa shape index (κ2) is 3.93. The number of aldehydes is 1. The number of hydrogen-bond donors (Lipinski definition) is 1. The van der Waals surface area contributed by atoms with Crippen LogP contribution in [0.1, 0.15) is 15.9 Å². The van der Waals surface area contributed by atoms with Gasteiger partial charge in [0, 0.05) is 26.4 Å². The minimum absolute atomic E-state index is 0.343. The number of benzene rings is 1. The highest BCUT2D eigenvalue weighted by atomic mass is 35.5. The molecule has 0 spiro atoms. The van der Waals surface area contributed by atoms with Crippen molar-refractivity contribution in [2.24, 2.45) is 0 Å². The molecular formula is C10H7ClOS2. The lowest BCUT2D eigenvalue weighted by Gasteiger charge is -2.05. The molecule has 1 aromatic carbocycles. The van der Waals surface area contributed by atoms with Gasteiger partial charge in [0.25, 0.3) is 0 Å². The molecule has 0 fully saturated rings. The fourth-order valence-corrected chi connectivity index (χ4v) is 2.95. The van der Waals surface area contributed by atoms with Crippen LogP contribution in [0.4, 0.5) is 0 Å². The van der Waals surface area contributed by atoms with Crippen LogP contribution < -0.4 is 0 Å². The third-order valence-corrected chi connectivity index (χ3v) is 3.75. The van der Waals surface area contributed by atoms with Crippen LogP contribution in [-0.2, 0) is 5.88 Å². The SMILES string of the molecule is O=Cc1c(CCl)cc2sccc2c1S. The molecule has 0 aliphatic rings. The molecule has 0 unspecified atom stereocenters. The van der Waals surface area contributed by atoms with Gasteiger partial charge in [-0.1, -0.05) is 0 Å². The number of halogens is 1. The van der Waals surface area contributed by atoms with Gasteiger partial charge in [-0.25, -0.2) is 0 Å². The fraction of sp³-hybridized carbons (Fsp3) is 0.100. The van der Waals surface area contributed by atoms with Crippen molar-refractivity contribution in [3.8, 4) is 0 Å². The van der Waals surface area contributed by atoms with E-state index < -0.39 is 0 Å². The molecule has 0 saturated carbocycles. The lowest BCUT2D eigenvalue weighted by Crippen LogP contribution is -1.91. The zero-order chi connectivity index (χ0) is 10.1. The summed E-state index contributed by atoms with van der Waals surface area (Å²) in [7, 11) is 0. The molecule has 0 aliphatic heterocycles. The number of carbonyl (C=O) groups excluding carboxylic acids is 1. The van der Waals surface area contributed by atoms with Crippen LogP contribution in [0.3, 0.4) is 0 Å². The van der Waals surface area contributed by atoms with Crippen molar-refractivity contribution in [2.75, 3.05) is 0 Å². The molecule has 1 nitrogen and oxygen atoms in total. The Morgan fingerprint density at radius 1 is 1.57 bits per heavy atom. The first-order chi connectivity index (χ1) is 6.77. The third kappa shape index (κ3) is 1.45. The van der Waals surface area contributed by atoms with Gasteiger partial charge in [0.1, 0.15) is 0 Å². The molecule has 2 aromatic rings. The molecule has 0 atom stereocenters. The van der Waals surface area contributed by atoms with Gasteiger partial charge >= 0.3 is 0 Å². The van der Waals surface area contributed by atoms with E-state index in [0.29, 0.717) is 11.4 Å². The van der Waals surface area contributed by atoms with Crippen molar-refractivity contribution in [3.63, 3.8) is 0 Å². The Hall–Kier alpha value is -0.510. The number of thiophene rings is 1. The predicted octanol–water partition coefficient (Wildman–Crippen LogP) is 3.74. The normalized spacial score (nSPS) is 10.7. The van der Waals surface area contributed by atoms with Crippen LogP contribution in [0.2, 0.25) is 0 Å². The molecule has 0 N–H and O–H groups in total. The minimum atomic E-state index is 0.343. The first-order valence-electron chi connectivity index (χ1n) is 4.01. The summed E-state index contributed by atoms with van der Waals surface area (Å²) in [6.45, 7) is 0. The first-order valence-corrected chi connectivity index (χ1v) is 5.87. The molecule has 0 amide bonds. The molecule has 1 aromatic heterocycles. The Bertz CT molecular complexity index is 490. The lowest BCUT2D eigenvalue weighted by molar-refractivity contribution is 0.112. The highest BCUT2D eigenvalue weighted by Crippen LogP contribution is 2.32. The Labute approximate surface area is 96.1 Å². The molecular weight excluding hydrogens is 236 g/mol. The van der Waals surface area contributed by atoms with E-state index in [0.717, 1.165) is 26.8 Å². The average molecular weight is 243 g/mol. The molecule has 1 heterocycles. The van der Waals surface area contributed by atoms with Crippen molar-refractivity contribution in [1.82, 2.24) is 0 Å². The van der Waals surface area contributed by atoms with Crippen LogP contribution in [-0.4, -0.2) is 6.29 Å². The highest BCUT2D eigenvalue weighted by molar-refractivity contribution is 7.80. The van der Waals surface area contributed by atoms with Crippen molar-refractivity contribution in [1.29, 1.82) is 0 Å². The van der Waals surface area contributed by atoms with E-state index in [-0.39, 0.29) is 0 Å². The number of fused-ring (bicyclic) bond motifs is 1. The van der Waals surface area contributed by atoms with E-state index in [2.05, 4.69) is 12.6 Å². The van der Waals surface area contributed by atoms with Gasteiger partial charge in [0.2, 0.25) is 0 Å². The lowest BCUT2D eigenvalue weighted by atomic mass is 10.1. The van der Waals surface area contributed by atoms with Gasteiger partial charge in [-0.15, -0.1) is 35.6 Å². The predicted molar refractivity (Wildman–Crippen MR) is 64.0 cm³/mol. The number of carbonyl (C=O) groups is 1. The summed E-state index contributed by atoms with van der Waals surface area (Å²) in [6.07, 6.45) is 0.817. The molecule has 0 saturated heterocycles. The Kier molecular flexibility index (Phi) is 2.81. The summed E-state index contributed by atoms with van der Waals surface area (Å²) < 4.78 is 1.12. The van der Waals surface area contributed by atoms with Crippen LogP contribution in [0.5, 0.6) is 0 Å². The summed E-state index contributed by atoms with van der Waals surface area (Å²) in [4.78, 5) is 11.6. The largest absolute Gasteiger partial charge is 0.298 e. The first kappa shape index (κ1) is 10.0. The summed E-state index contributed by atoms with van der Waals surface area (Å²) in [6, 6.07) is 3.92. The van der Waals surface area contributed by atoms with E-state index in [1.54, 1.807) is 11.3 Å². The highest BCUT2D eigenvalue weighted by Gasteiger charge is 2.10. The minimum Gasteiger partial charge on any atom is -0.298 e. The van der Waals surface area contributed by atoms with Crippen molar-refractivity contribution < 1.29 is 4.79 Å². The van der Waals surface area contributed by atoms with Gasteiger partial charge in [-0.2, -0.15) is 0 Å². The van der Waals surface area contributed by atoms with Gasteiger partial charge in [0.05, 0.1) is 0 Å². The van der Waals surface area contributed by atoms with Crippen molar-refractivity contribution in [2.45, 2.75) is 10.8 Å². The molecule has 0 radical (unpaired) electrons. The van der Waals surface area contributed by atoms with Crippen LogP contribution in [0.25, 0.3) is 10.1 Å². The van der Waals surface area contributed by atoms with E-state index >= 15 is 0 Å². The van der Waals surface area contributed by atoms with Gasteiger partial charge < -0.3 is 0 Å². The summed E-state index contributed by atoms with van der Waals surface area (Å²) in [5, 5.41) is 3.01. The number of hydrogen-bond acceptors (Lipinski definition) is 3. The third-order valence-electron chi connectivity index (χ3n) is 2.12. The molecule has 0 bridgehead atoms. The Balaban J connectivity index is 2.85. The van der Waals surface area contributed by atoms with E-state index in [1.807, 2.05) is 17.5 Å². The van der Waals surface area contributed by atoms with Gasteiger partial charge in [-0.05, 0) is 23.1 Å².